The van der Waals surface area contributed by atoms with Crippen LogP contribution in [-0.4, -0.2) is 31.2 Å². The maximum absolute atomic E-state index is 5.00. The minimum atomic E-state index is 0.312. The van der Waals surface area contributed by atoms with E-state index >= 15 is 0 Å². The van der Waals surface area contributed by atoms with E-state index in [1.807, 2.05) is 31.3 Å². The first-order valence-corrected chi connectivity index (χ1v) is 12.5. The van der Waals surface area contributed by atoms with E-state index in [1.54, 1.807) is 11.3 Å². The number of fused-ring (bicyclic) bond motifs is 2. The third kappa shape index (κ3) is 4.42. The summed E-state index contributed by atoms with van der Waals surface area (Å²) in [7, 11) is 0. The highest BCUT2D eigenvalue weighted by atomic mass is 32.1. The van der Waals surface area contributed by atoms with Crippen LogP contribution in [0.15, 0.2) is 73.1 Å². The molecule has 0 aliphatic heterocycles. The molecule has 5 aromatic heterocycles. The molecule has 3 N–H and O–H groups in total. The molecule has 6 nitrogen and oxygen atoms in total. The van der Waals surface area contributed by atoms with E-state index in [9.17, 15) is 0 Å². The molecular weight excluding hydrogens is 452 g/mol. The first-order chi connectivity index (χ1) is 17.0. The fraction of sp³-hybridized carbons (Fsp3) is 0.179. The number of allylic oxidation sites excluding steroid dienone is 4. The summed E-state index contributed by atoms with van der Waals surface area (Å²) in [5, 5.41) is 12.2. The number of aromatic nitrogens is 5. The number of hydrogen-bond acceptors (Lipinski definition) is 5. The largest absolute Gasteiger partial charge is 0.383 e. The average molecular weight is 481 g/mol. The molecule has 5 rings (SSSR count). The van der Waals surface area contributed by atoms with E-state index in [-0.39, 0.29) is 0 Å². The van der Waals surface area contributed by atoms with Crippen molar-refractivity contribution in [2.75, 3.05) is 0 Å². The zero-order chi connectivity index (χ0) is 24.5. The zero-order valence-corrected chi connectivity index (χ0v) is 21.1. The van der Waals surface area contributed by atoms with E-state index in [2.05, 4.69) is 89.2 Å². The molecule has 0 unspecified atom stereocenters. The van der Waals surface area contributed by atoms with Gasteiger partial charge in [0.25, 0.3) is 0 Å². The van der Waals surface area contributed by atoms with Crippen LogP contribution in [0.2, 0.25) is 0 Å². The SMILES string of the molecule is C=C/C(=C\C(=C/C)c1ccc2[nH]nc(-c3cc4c(-c5ccc(C)s5)ccnc4[nH]3)c2n1)NC(C)C. The lowest BCUT2D eigenvalue weighted by atomic mass is 10.1. The molecule has 35 heavy (non-hydrogen) atoms. The quantitative estimate of drug-likeness (QED) is 0.219. The Kier molecular flexibility index (Phi) is 6.09. The second-order valence-corrected chi connectivity index (χ2v) is 10.0. The Morgan fingerprint density at radius 2 is 2.03 bits per heavy atom. The topological polar surface area (TPSA) is 82.3 Å². The van der Waals surface area contributed by atoms with Crippen molar-refractivity contribution in [1.82, 2.24) is 30.5 Å². The number of hydrogen-bond donors (Lipinski definition) is 3. The zero-order valence-electron chi connectivity index (χ0n) is 20.3. The number of H-pyrrole nitrogens is 2. The van der Waals surface area contributed by atoms with Gasteiger partial charge in [0.1, 0.15) is 16.9 Å². The lowest BCUT2D eigenvalue weighted by Crippen LogP contribution is -2.20. The molecule has 0 aliphatic carbocycles. The highest BCUT2D eigenvalue weighted by Gasteiger charge is 2.16. The third-order valence-electron chi connectivity index (χ3n) is 5.79. The minimum Gasteiger partial charge on any atom is -0.383 e. The van der Waals surface area contributed by atoms with Crippen LogP contribution in [-0.2, 0) is 0 Å². The van der Waals surface area contributed by atoms with E-state index in [0.717, 1.165) is 50.4 Å². The summed E-state index contributed by atoms with van der Waals surface area (Å²) in [6.45, 7) is 12.3. The summed E-state index contributed by atoms with van der Waals surface area (Å²) in [4.78, 5) is 15.5. The lowest BCUT2D eigenvalue weighted by Gasteiger charge is -2.12. The third-order valence-corrected chi connectivity index (χ3v) is 6.83. The predicted molar refractivity (Wildman–Crippen MR) is 147 cm³/mol. The maximum atomic E-state index is 5.00. The van der Waals surface area contributed by atoms with Gasteiger partial charge in [0, 0.05) is 38.6 Å². The Hall–Kier alpha value is -3.97. The molecule has 7 heteroatoms. The van der Waals surface area contributed by atoms with Gasteiger partial charge in [-0.3, -0.25) is 5.10 Å². The number of rotatable bonds is 7. The molecule has 0 atom stereocenters. The van der Waals surface area contributed by atoms with Crippen LogP contribution < -0.4 is 5.32 Å². The predicted octanol–water partition coefficient (Wildman–Crippen LogP) is 7.01. The van der Waals surface area contributed by atoms with Crippen molar-refractivity contribution in [3.63, 3.8) is 0 Å². The van der Waals surface area contributed by atoms with Gasteiger partial charge in [-0.2, -0.15) is 5.10 Å². The summed E-state index contributed by atoms with van der Waals surface area (Å²) in [6.07, 6.45) is 7.80. The Labute approximate surface area is 208 Å². The number of nitrogens with zero attached hydrogens (tertiary/aromatic N) is 3. The van der Waals surface area contributed by atoms with Crippen molar-refractivity contribution in [1.29, 1.82) is 0 Å². The van der Waals surface area contributed by atoms with Crippen molar-refractivity contribution in [2.24, 2.45) is 0 Å². The van der Waals surface area contributed by atoms with Crippen LogP contribution >= 0.6 is 11.3 Å². The molecule has 5 heterocycles. The fourth-order valence-electron chi connectivity index (χ4n) is 4.16. The van der Waals surface area contributed by atoms with Gasteiger partial charge in [-0.05, 0) is 81.8 Å². The molecule has 176 valence electrons. The first kappa shape index (κ1) is 22.8. The minimum absolute atomic E-state index is 0.312. The number of aromatic amines is 2. The van der Waals surface area contributed by atoms with Gasteiger partial charge in [0.2, 0.25) is 0 Å². The molecule has 0 aromatic carbocycles. The molecule has 0 aliphatic rings. The second kappa shape index (κ2) is 9.35. The van der Waals surface area contributed by atoms with Crippen LogP contribution in [0, 0.1) is 6.92 Å². The lowest BCUT2D eigenvalue weighted by molar-refractivity contribution is 0.682. The standard InChI is InChI=1S/C28H28N6S/c1-6-18(14-19(7-2)30-16(3)4)22-9-10-23-26(31-22)27(34-33-23)24-15-21-20(12-13-29-28(21)32-24)25-11-8-17(5)35-25/h6-16,30H,2H2,1,3-5H3,(H,29,32)(H,33,34)/b18-6+,19-14+. The first-order valence-electron chi connectivity index (χ1n) is 11.6. The number of nitrogens with one attached hydrogen (secondary N) is 3. The van der Waals surface area contributed by atoms with Gasteiger partial charge in [-0.1, -0.05) is 12.7 Å². The van der Waals surface area contributed by atoms with Crippen LogP contribution in [0.5, 0.6) is 0 Å². The summed E-state index contributed by atoms with van der Waals surface area (Å²) >= 11 is 1.78. The average Bonchev–Trinajstić information content (AvgIpc) is 3.58. The Balaban J connectivity index is 1.59. The second-order valence-electron chi connectivity index (χ2n) is 8.73. The normalized spacial score (nSPS) is 12.7. The Bertz CT molecular complexity index is 1590. The highest BCUT2D eigenvalue weighted by Crippen LogP contribution is 2.35. The van der Waals surface area contributed by atoms with Crippen LogP contribution in [0.3, 0.4) is 0 Å². The van der Waals surface area contributed by atoms with Crippen molar-refractivity contribution in [3.8, 4) is 21.8 Å². The summed E-state index contributed by atoms with van der Waals surface area (Å²) < 4.78 is 0. The highest BCUT2D eigenvalue weighted by molar-refractivity contribution is 7.15. The van der Waals surface area contributed by atoms with Crippen LogP contribution in [0.4, 0.5) is 0 Å². The van der Waals surface area contributed by atoms with Crippen molar-refractivity contribution < 1.29 is 0 Å². The van der Waals surface area contributed by atoms with Gasteiger partial charge in [0.05, 0.1) is 16.9 Å². The summed E-state index contributed by atoms with van der Waals surface area (Å²) in [6, 6.07) is 12.8. The summed E-state index contributed by atoms with van der Waals surface area (Å²) in [5.41, 5.74) is 8.20. The molecule has 0 saturated carbocycles. The molecule has 0 amide bonds. The Morgan fingerprint density at radius 3 is 2.74 bits per heavy atom. The van der Waals surface area contributed by atoms with Gasteiger partial charge >= 0.3 is 0 Å². The van der Waals surface area contributed by atoms with Gasteiger partial charge in [0.15, 0.2) is 0 Å². The smallest absolute Gasteiger partial charge is 0.138 e. The van der Waals surface area contributed by atoms with Crippen molar-refractivity contribution in [2.45, 2.75) is 33.7 Å². The fourth-order valence-corrected chi connectivity index (χ4v) is 5.07. The van der Waals surface area contributed by atoms with Gasteiger partial charge in [-0.15, -0.1) is 11.3 Å². The van der Waals surface area contributed by atoms with E-state index in [4.69, 9.17) is 4.98 Å². The Morgan fingerprint density at radius 1 is 1.17 bits per heavy atom. The molecule has 0 fully saturated rings. The summed E-state index contributed by atoms with van der Waals surface area (Å²) in [5.74, 6) is 0. The number of thiophene rings is 1. The number of aryl methyl sites for hydroxylation is 1. The molecule has 5 aromatic rings. The van der Waals surface area contributed by atoms with Gasteiger partial charge < -0.3 is 10.3 Å². The van der Waals surface area contributed by atoms with E-state index in [1.165, 1.54) is 15.3 Å². The molecule has 0 saturated heterocycles. The van der Waals surface area contributed by atoms with Gasteiger partial charge in [-0.25, -0.2) is 9.97 Å². The van der Waals surface area contributed by atoms with Crippen LogP contribution in [0.1, 0.15) is 31.3 Å². The molecule has 0 radical (unpaired) electrons. The molecule has 0 spiro atoms. The van der Waals surface area contributed by atoms with Crippen LogP contribution in [0.25, 0.3) is 49.5 Å². The number of pyridine rings is 2. The van der Waals surface area contributed by atoms with Crippen molar-refractivity contribution >= 4 is 39.0 Å². The monoisotopic (exact) mass is 480 g/mol. The van der Waals surface area contributed by atoms with Crippen molar-refractivity contribution in [3.05, 3.63) is 83.7 Å². The maximum Gasteiger partial charge on any atom is 0.138 e. The molecule has 0 bridgehead atoms. The molecular formula is C28H28N6S. The van der Waals surface area contributed by atoms with E-state index < -0.39 is 0 Å². The van der Waals surface area contributed by atoms with E-state index in [0.29, 0.717) is 6.04 Å².